The van der Waals surface area contributed by atoms with Crippen molar-refractivity contribution in [1.82, 2.24) is 5.32 Å². The number of hydrogen-bond acceptors (Lipinski definition) is 3. The summed E-state index contributed by atoms with van der Waals surface area (Å²) in [4.78, 5) is 24.0. The molecule has 3 N–H and O–H groups in total. The van der Waals surface area contributed by atoms with E-state index in [-0.39, 0.29) is 11.8 Å². The molecule has 1 aliphatic rings. The molecule has 6 heteroatoms. The van der Waals surface area contributed by atoms with Gasteiger partial charge in [-0.15, -0.1) is 0 Å². The highest BCUT2D eigenvalue weighted by molar-refractivity contribution is 6.32. The number of nitrogens with two attached hydrogens (primary N) is 1. The predicted octanol–water partition coefficient (Wildman–Crippen LogP) is 2.44. The second-order valence-electron chi connectivity index (χ2n) is 5.97. The Kier molecular flexibility index (Phi) is 6.28. The van der Waals surface area contributed by atoms with Crippen LogP contribution in [-0.4, -0.2) is 25.0 Å². The van der Waals surface area contributed by atoms with E-state index >= 15 is 0 Å². The number of hydrogen-bond donors (Lipinski definition) is 2. The topological polar surface area (TPSA) is 81.4 Å². The zero-order valence-electron chi connectivity index (χ0n) is 13.3. The highest BCUT2D eigenvalue weighted by Crippen LogP contribution is 2.26. The third-order valence-electron chi connectivity index (χ3n) is 4.29. The maximum atomic E-state index is 12.3. The Balaban J connectivity index is 2.02. The summed E-state index contributed by atoms with van der Waals surface area (Å²) in [5, 5.41) is 3.26. The van der Waals surface area contributed by atoms with Gasteiger partial charge in [-0.2, -0.15) is 0 Å². The fourth-order valence-electron chi connectivity index (χ4n) is 2.95. The van der Waals surface area contributed by atoms with Gasteiger partial charge >= 0.3 is 0 Å². The van der Waals surface area contributed by atoms with Gasteiger partial charge in [0.1, 0.15) is 11.8 Å². The average molecular weight is 339 g/mol. The van der Waals surface area contributed by atoms with E-state index in [4.69, 9.17) is 22.1 Å². The minimum atomic E-state index is -0.728. The van der Waals surface area contributed by atoms with Gasteiger partial charge in [0, 0.05) is 12.3 Å². The van der Waals surface area contributed by atoms with Crippen LogP contribution < -0.4 is 15.8 Å². The average Bonchev–Trinajstić information content (AvgIpc) is 2.55. The molecule has 0 heterocycles. The van der Waals surface area contributed by atoms with Gasteiger partial charge in [-0.1, -0.05) is 36.9 Å². The van der Waals surface area contributed by atoms with Crippen molar-refractivity contribution in [2.75, 3.05) is 7.11 Å². The summed E-state index contributed by atoms with van der Waals surface area (Å²) in [7, 11) is 1.54. The van der Waals surface area contributed by atoms with E-state index in [1.807, 2.05) is 6.07 Å². The van der Waals surface area contributed by atoms with Crippen molar-refractivity contribution in [3.8, 4) is 5.75 Å². The lowest BCUT2D eigenvalue weighted by molar-refractivity contribution is -0.130. The number of nitrogens with one attached hydrogen (secondary N) is 1. The van der Waals surface area contributed by atoms with E-state index in [9.17, 15) is 9.59 Å². The molecule has 5 nitrogen and oxygen atoms in total. The maximum Gasteiger partial charge on any atom is 0.240 e. The summed E-state index contributed by atoms with van der Waals surface area (Å²) >= 11 is 6.09. The minimum absolute atomic E-state index is 0.00921. The molecule has 1 aromatic rings. The van der Waals surface area contributed by atoms with Gasteiger partial charge in [-0.05, 0) is 30.5 Å². The molecule has 0 aromatic heterocycles. The van der Waals surface area contributed by atoms with Gasteiger partial charge in [0.25, 0.3) is 0 Å². The van der Waals surface area contributed by atoms with Crippen molar-refractivity contribution in [3.05, 3.63) is 28.8 Å². The number of amides is 2. The number of carbonyl (C=O) groups excluding carboxylic acids is 2. The largest absolute Gasteiger partial charge is 0.495 e. The van der Waals surface area contributed by atoms with Gasteiger partial charge in [0.2, 0.25) is 11.8 Å². The van der Waals surface area contributed by atoms with E-state index in [2.05, 4.69) is 5.32 Å². The number of halogens is 1. The summed E-state index contributed by atoms with van der Waals surface area (Å²) in [6.07, 6.45) is 5.38. The van der Waals surface area contributed by atoms with Crippen LogP contribution in [-0.2, 0) is 16.0 Å². The van der Waals surface area contributed by atoms with Crippen molar-refractivity contribution >= 4 is 23.4 Å². The second kappa shape index (κ2) is 8.20. The van der Waals surface area contributed by atoms with Gasteiger partial charge in [0.15, 0.2) is 0 Å². The summed E-state index contributed by atoms with van der Waals surface area (Å²) < 4.78 is 5.10. The Labute approximate surface area is 141 Å². The number of methoxy groups -OCH3 is 1. The van der Waals surface area contributed by atoms with E-state index in [1.165, 1.54) is 13.5 Å². The summed E-state index contributed by atoms with van der Waals surface area (Å²) in [5.74, 6) is -0.0588. The second-order valence-corrected chi connectivity index (χ2v) is 6.38. The first-order valence-corrected chi connectivity index (χ1v) is 8.31. The molecule has 1 atom stereocenters. The van der Waals surface area contributed by atoms with E-state index in [0.717, 1.165) is 31.2 Å². The SMILES string of the molecule is COc1ccc(C[C@H](NC(=O)C2CCCCC2)C(N)=O)cc1Cl. The first kappa shape index (κ1) is 17.6. The zero-order valence-corrected chi connectivity index (χ0v) is 14.1. The Morgan fingerprint density at radius 3 is 2.61 bits per heavy atom. The molecule has 0 saturated heterocycles. The molecule has 0 aliphatic heterocycles. The Hall–Kier alpha value is -1.75. The van der Waals surface area contributed by atoms with Crippen LogP contribution in [0.3, 0.4) is 0 Å². The highest BCUT2D eigenvalue weighted by Gasteiger charge is 2.25. The molecular formula is C17H23ClN2O3. The third-order valence-corrected chi connectivity index (χ3v) is 4.59. The number of ether oxygens (including phenoxy) is 1. The molecular weight excluding hydrogens is 316 g/mol. The highest BCUT2D eigenvalue weighted by atomic mass is 35.5. The normalized spacial score (nSPS) is 16.6. The number of rotatable bonds is 6. The van der Waals surface area contributed by atoms with Crippen molar-refractivity contribution in [2.45, 2.75) is 44.6 Å². The van der Waals surface area contributed by atoms with E-state index < -0.39 is 11.9 Å². The molecule has 1 saturated carbocycles. The fourth-order valence-corrected chi connectivity index (χ4v) is 3.23. The smallest absolute Gasteiger partial charge is 0.240 e. The van der Waals surface area contributed by atoms with Crippen molar-refractivity contribution in [1.29, 1.82) is 0 Å². The monoisotopic (exact) mass is 338 g/mol. The molecule has 0 radical (unpaired) electrons. The van der Waals surface area contributed by atoms with E-state index in [1.54, 1.807) is 12.1 Å². The first-order chi connectivity index (χ1) is 11.0. The van der Waals surface area contributed by atoms with E-state index in [0.29, 0.717) is 17.2 Å². The summed E-state index contributed by atoms with van der Waals surface area (Å²) in [6, 6.07) is 4.55. The predicted molar refractivity (Wildman–Crippen MR) is 89.4 cm³/mol. The maximum absolute atomic E-state index is 12.3. The molecule has 23 heavy (non-hydrogen) atoms. The fraction of sp³-hybridized carbons (Fsp3) is 0.529. The molecule has 0 unspecified atom stereocenters. The van der Waals surface area contributed by atoms with Crippen LogP contribution in [0, 0.1) is 5.92 Å². The molecule has 0 spiro atoms. The van der Waals surface area contributed by atoms with Crippen molar-refractivity contribution in [2.24, 2.45) is 11.7 Å². The van der Waals surface area contributed by atoms with Crippen LogP contribution >= 0.6 is 11.6 Å². The number of primary amides is 1. The van der Waals surface area contributed by atoms with Crippen LogP contribution in [0.1, 0.15) is 37.7 Å². The van der Waals surface area contributed by atoms with Gasteiger partial charge < -0.3 is 15.8 Å². The summed E-state index contributed by atoms with van der Waals surface area (Å²) in [5.41, 5.74) is 6.27. The van der Waals surface area contributed by atoms with Crippen LogP contribution in [0.5, 0.6) is 5.75 Å². The molecule has 1 aliphatic carbocycles. The first-order valence-electron chi connectivity index (χ1n) is 7.93. The van der Waals surface area contributed by atoms with Gasteiger partial charge in [-0.25, -0.2) is 0 Å². The molecule has 0 bridgehead atoms. The van der Waals surface area contributed by atoms with Gasteiger partial charge in [-0.3, -0.25) is 9.59 Å². The van der Waals surface area contributed by atoms with Crippen molar-refractivity contribution in [3.63, 3.8) is 0 Å². The quantitative estimate of drug-likeness (QED) is 0.835. The Morgan fingerprint density at radius 1 is 1.35 bits per heavy atom. The number of carbonyl (C=O) groups is 2. The molecule has 2 amide bonds. The van der Waals surface area contributed by atoms with Crippen LogP contribution in [0.15, 0.2) is 18.2 Å². The lowest BCUT2D eigenvalue weighted by atomic mass is 9.88. The standard InChI is InChI=1S/C17H23ClN2O3/c1-23-15-8-7-11(9-13(15)18)10-14(16(19)21)20-17(22)12-5-3-2-4-6-12/h7-9,12,14H,2-6,10H2,1H3,(H2,19,21)(H,20,22)/t14-/m0/s1. The van der Waals surface area contributed by atoms with Crippen molar-refractivity contribution < 1.29 is 14.3 Å². The zero-order chi connectivity index (χ0) is 16.8. The molecule has 2 rings (SSSR count). The Morgan fingerprint density at radius 2 is 2.04 bits per heavy atom. The lowest BCUT2D eigenvalue weighted by Gasteiger charge is -2.23. The summed E-state index contributed by atoms with van der Waals surface area (Å²) in [6.45, 7) is 0. The van der Waals surface area contributed by atoms with Gasteiger partial charge in [0.05, 0.1) is 12.1 Å². The lowest BCUT2D eigenvalue weighted by Crippen LogP contribution is -2.48. The minimum Gasteiger partial charge on any atom is -0.495 e. The molecule has 1 fully saturated rings. The molecule has 126 valence electrons. The Bertz CT molecular complexity index is 571. The third kappa shape index (κ3) is 4.86. The number of benzene rings is 1. The molecule has 1 aromatic carbocycles. The van der Waals surface area contributed by atoms with Crippen LogP contribution in [0.2, 0.25) is 5.02 Å². The van der Waals surface area contributed by atoms with Crippen LogP contribution in [0.4, 0.5) is 0 Å². The van der Waals surface area contributed by atoms with Crippen LogP contribution in [0.25, 0.3) is 0 Å².